The van der Waals surface area contributed by atoms with Crippen LogP contribution in [0.25, 0.3) is 11.3 Å². The van der Waals surface area contributed by atoms with Crippen molar-refractivity contribution >= 4 is 5.91 Å². The van der Waals surface area contributed by atoms with Crippen molar-refractivity contribution in [3.63, 3.8) is 0 Å². The number of ether oxygens (including phenoxy) is 1. The fourth-order valence-electron chi connectivity index (χ4n) is 3.54. The number of rotatable bonds is 4. The second kappa shape index (κ2) is 8.13. The van der Waals surface area contributed by atoms with Gasteiger partial charge in [0.2, 0.25) is 0 Å². The molecule has 150 valence electrons. The van der Waals surface area contributed by atoms with E-state index in [0.29, 0.717) is 25.3 Å². The van der Waals surface area contributed by atoms with Crippen LogP contribution in [0, 0.1) is 12.7 Å². The van der Waals surface area contributed by atoms with Gasteiger partial charge in [-0.15, -0.1) is 0 Å². The van der Waals surface area contributed by atoms with Crippen LogP contribution in [-0.4, -0.2) is 40.6 Å². The van der Waals surface area contributed by atoms with E-state index in [9.17, 15) is 9.18 Å². The van der Waals surface area contributed by atoms with Crippen LogP contribution in [0.5, 0.6) is 0 Å². The zero-order valence-corrected chi connectivity index (χ0v) is 16.4. The molecule has 29 heavy (non-hydrogen) atoms. The molecular weight excluding hydrogens is 373 g/mol. The Balaban J connectivity index is 1.56. The lowest BCUT2D eigenvalue weighted by Crippen LogP contribution is -2.42. The summed E-state index contributed by atoms with van der Waals surface area (Å²) < 4.78 is 24.4. The molecule has 6 nitrogen and oxygen atoms in total. The highest BCUT2D eigenvalue weighted by molar-refractivity contribution is 5.94. The van der Waals surface area contributed by atoms with Crippen LogP contribution in [0.3, 0.4) is 0 Å². The van der Waals surface area contributed by atoms with Crippen molar-refractivity contribution in [1.82, 2.24) is 15.0 Å². The molecule has 1 aromatic carbocycles. The maximum absolute atomic E-state index is 13.1. The molecule has 7 heteroatoms. The summed E-state index contributed by atoms with van der Waals surface area (Å²) in [6.45, 7) is 5.19. The molecule has 1 atom stereocenters. The van der Waals surface area contributed by atoms with E-state index in [4.69, 9.17) is 14.2 Å². The highest BCUT2D eigenvalue weighted by Gasteiger charge is 2.27. The van der Waals surface area contributed by atoms with Crippen molar-refractivity contribution in [3.8, 4) is 11.3 Å². The van der Waals surface area contributed by atoms with Crippen LogP contribution in [0.15, 0.2) is 47.0 Å². The van der Waals surface area contributed by atoms with Crippen molar-refractivity contribution in [2.45, 2.75) is 26.4 Å². The van der Waals surface area contributed by atoms with Crippen molar-refractivity contribution in [1.29, 1.82) is 0 Å². The quantitative estimate of drug-likeness (QED) is 0.669. The Morgan fingerprint density at radius 1 is 1.24 bits per heavy atom. The smallest absolute Gasteiger partial charge is 0.254 e. The van der Waals surface area contributed by atoms with Crippen molar-refractivity contribution in [2.24, 2.45) is 0 Å². The Kier molecular flexibility index (Phi) is 5.40. The minimum absolute atomic E-state index is 0.141. The normalized spacial score (nSPS) is 16.8. The molecular formula is C22H22FN3O3. The summed E-state index contributed by atoms with van der Waals surface area (Å²) >= 11 is 0. The molecule has 0 saturated carbocycles. The number of carbonyl (C=O) groups excluding carboxylic acids is 1. The van der Waals surface area contributed by atoms with Crippen molar-refractivity contribution in [3.05, 3.63) is 71.0 Å². The summed E-state index contributed by atoms with van der Waals surface area (Å²) in [6, 6.07) is 11.3. The average Bonchev–Trinajstić information content (AvgIpc) is 3.14. The highest BCUT2D eigenvalue weighted by atomic mass is 19.1. The zero-order chi connectivity index (χ0) is 20.4. The van der Waals surface area contributed by atoms with Crippen LogP contribution in [-0.2, 0) is 11.2 Å². The maximum Gasteiger partial charge on any atom is 0.254 e. The van der Waals surface area contributed by atoms with E-state index in [1.54, 1.807) is 4.90 Å². The maximum atomic E-state index is 13.1. The van der Waals surface area contributed by atoms with Gasteiger partial charge >= 0.3 is 0 Å². The predicted molar refractivity (Wildman–Crippen MR) is 105 cm³/mol. The summed E-state index contributed by atoms with van der Waals surface area (Å²) in [5.74, 6) is 0.292. The number of aromatic nitrogens is 2. The Hall–Kier alpha value is -3.06. The van der Waals surface area contributed by atoms with Gasteiger partial charge in [-0.25, -0.2) is 9.37 Å². The van der Waals surface area contributed by atoms with Gasteiger partial charge in [-0.1, -0.05) is 18.1 Å². The third-order valence-corrected chi connectivity index (χ3v) is 5.06. The Bertz CT molecular complexity index is 1020. The molecule has 0 spiro atoms. The van der Waals surface area contributed by atoms with Crippen LogP contribution >= 0.6 is 0 Å². The van der Waals surface area contributed by atoms with Gasteiger partial charge in [0, 0.05) is 18.5 Å². The van der Waals surface area contributed by atoms with E-state index >= 15 is 0 Å². The minimum atomic E-state index is -0.363. The molecule has 1 fully saturated rings. The number of halogens is 1. The number of carbonyl (C=O) groups is 1. The van der Waals surface area contributed by atoms with E-state index in [0.717, 1.165) is 34.8 Å². The third-order valence-electron chi connectivity index (χ3n) is 5.06. The van der Waals surface area contributed by atoms with Crippen molar-refractivity contribution < 1.29 is 18.4 Å². The summed E-state index contributed by atoms with van der Waals surface area (Å²) in [6.07, 6.45) is 0.389. The second-order valence-electron chi connectivity index (χ2n) is 6.98. The van der Waals surface area contributed by atoms with Gasteiger partial charge in [0.15, 0.2) is 0 Å². The number of hydrogen-bond acceptors (Lipinski definition) is 5. The van der Waals surface area contributed by atoms with Gasteiger partial charge < -0.3 is 14.2 Å². The van der Waals surface area contributed by atoms with E-state index < -0.39 is 0 Å². The predicted octanol–water partition coefficient (Wildman–Crippen LogP) is 3.96. The summed E-state index contributed by atoms with van der Waals surface area (Å²) in [5.41, 5.74) is 3.69. The summed E-state index contributed by atoms with van der Waals surface area (Å²) in [7, 11) is 0. The number of pyridine rings is 1. The molecule has 1 aliphatic rings. The van der Waals surface area contributed by atoms with Gasteiger partial charge in [0.25, 0.3) is 5.91 Å². The van der Waals surface area contributed by atoms with Crippen LogP contribution in [0.2, 0.25) is 0 Å². The molecule has 4 rings (SSSR count). The highest BCUT2D eigenvalue weighted by Crippen LogP contribution is 2.29. The van der Waals surface area contributed by atoms with Crippen LogP contribution < -0.4 is 0 Å². The molecule has 0 N–H and O–H groups in total. The number of hydrogen-bond donors (Lipinski definition) is 0. The van der Waals surface area contributed by atoms with E-state index in [-0.39, 0.29) is 17.8 Å². The number of morpholine rings is 1. The first-order valence-corrected chi connectivity index (χ1v) is 9.65. The fourth-order valence-corrected chi connectivity index (χ4v) is 3.54. The summed E-state index contributed by atoms with van der Waals surface area (Å²) in [4.78, 5) is 19.3. The molecule has 2 aromatic heterocycles. The Labute approximate surface area is 168 Å². The monoisotopic (exact) mass is 395 g/mol. The lowest BCUT2D eigenvalue weighted by molar-refractivity contribution is -0.0246. The molecule has 1 saturated heterocycles. The number of aryl methyl sites for hydroxylation is 2. The fraction of sp³-hybridized carbons (Fsp3) is 0.318. The van der Waals surface area contributed by atoms with Crippen LogP contribution in [0.1, 0.15) is 40.5 Å². The molecule has 3 heterocycles. The minimum Gasteiger partial charge on any atom is -0.368 e. The van der Waals surface area contributed by atoms with E-state index in [1.165, 1.54) is 24.3 Å². The van der Waals surface area contributed by atoms with Gasteiger partial charge in [-0.3, -0.25) is 4.79 Å². The zero-order valence-electron chi connectivity index (χ0n) is 16.4. The SMILES string of the molecule is CCc1onc(C)c1-c1cccc([C@@H]2CN(C(=O)c3ccc(F)cc3)CCO2)n1. The van der Waals surface area contributed by atoms with Gasteiger partial charge in [0.1, 0.15) is 17.7 Å². The third kappa shape index (κ3) is 3.91. The van der Waals surface area contributed by atoms with Crippen LogP contribution in [0.4, 0.5) is 4.39 Å². The molecule has 3 aromatic rings. The first kappa shape index (κ1) is 19.3. The molecule has 1 aliphatic heterocycles. The van der Waals surface area contributed by atoms with Gasteiger partial charge in [-0.05, 0) is 43.3 Å². The lowest BCUT2D eigenvalue weighted by atomic mass is 10.1. The largest absolute Gasteiger partial charge is 0.368 e. The molecule has 0 radical (unpaired) electrons. The topological polar surface area (TPSA) is 68.5 Å². The summed E-state index contributed by atoms with van der Waals surface area (Å²) in [5, 5.41) is 4.06. The average molecular weight is 395 g/mol. The first-order chi connectivity index (χ1) is 14.1. The molecule has 1 amide bonds. The molecule has 0 aliphatic carbocycles. The second-order valence-corrected chi connectivity index (χ2v) is 6.98. The van der Waals surface area contributed by atoms with E-state index in [2.05, 4.69) is 5.16 Å². The standard InChI is InChI=1S/C22H22FN3O3/c1-3-19-21(14(2)25-29-19)18-6-4-5-17(24-18)20-13-26(11-12-28-20)22(27)15-7-9-16(23)10-8-15/h4-10,20H,3,11-13H2,1-2H3/t20-/m0/s1. The number of benzene rings is 1. The molecule has 0 unspecified atom stereocenters. The van der Waals surface area contributed by atoms with Crippen molar-refractivity contribution in [2.75, 3.05) is 19.7 Å². The number of amides is 1. The molecule has 0 bridgehead atoms. The number of nitrogens with zero attached hydrogens (tertiary/aromatic N) is 3. The Morgan fingerprint density at radius 2 is 2.03 bits per heavy atom. The first-order valence-electron chi connectivity index (χ1n) is 9.65. The van der Waals surface area contributed by atoms with Gasteiger partial charge in [-0.2, -0.15) is 0 Å². The van der Waals surface area contributed by atoms with E-state index in [1.807, 2.05) is 32.0 Å². The lowest BCUT2D eigenvalue weighted by Gasteiger charge is -2.33. The van der Waals surface area contributed by atoms with Gasteiger partial charge in [0.05, 0.1) is 35.8 Å². The Morgan fingerprint density at radius 3 is 2.79 bits per heavy atom.